The molecule has 1 aliphatic heterocycles. The molecule has 1 N–H and O–H groups in total. The third kappa shape index (κ3) is 3.60. The maximum atomic E-state index is 4.54. The summed E-state index contributed by atoms with van der Waals surface area (Å²) in [5, 5.41) is 4.22. The lowest BCUT2D eigenvalue weighted by Crippen LogP contribution is -2.38. The molecule has 0 amide bonds. The minimum Gasteiger partial charge on any atom is -0.339 e. The van der Waals surface area contributed by atoms with Gasteiger partial charge in [0.15, 0.2) is 0 Å². The highest BCUT2D eigenvalue weighted by Crippen LogP contribution is 2.23. The number of hydrogen-bond donors (Lipinski definition) is 1. The van der Waals surface area contributed by atoms with Crippen LogP contribution in [-0.4, -0.2) is 40.1 Å². The average molecular weight is 278 g/mol. The third-order valence-corrected chi connectivity index (χ3v) is 5.11. The first kappa shape index (κ1) is 13.2. The zero-order chi connectivity index (χ0) is 13.1. The van der Waals surface area contributed by atoms with Crippen LogP contribution in [0, 0.1) is 0 Å². The van der Waals surface area contributed by atoms with Gasteiger partial charge in [-0.15, -0.1) is 0 Å². The van der Waals surface area contributed by atoms with Gasteiger partial charge < -0.3 is 10.2 Å². The topological polar surface area (TPSA) is 41.1 Å². The molecule has 0 radical (unpaired) electrons. The molecule has 2 heterocycles. The second kappa shape index (κ2) is 6.09. The van der Waals surface area contributed by atoms with Crippen LogP contribution >= 0.6 is 11.8 Å². The van der Waals surface area contributed by atoms with Crippen molar-refractivity contribution in [1.29, 1.82) is 0 Å². The number of nitrogens with one attached hydrogen (secondary N) is 1. The molecular formula is C14H22N4S. The Hall–Kier alpha value is -0.810. The molecule has 2 fully saturated rings. The minimum absolute atomic E-state index is 0.730. The van der Waals surface area contributed by atoms with Gasteiger partial charge in [0.1, 0.15) is 0 Å². The molecule has 3 rings (SSSR count). The van der Waals surface area contributed by atoms with Gasteiger partial charge >= 0.3 is 0 Å². The molecule has 0 spiro atoms. The quantitative estimate of drug-likeness (QED) is 0.893. The highest BCUT2D eigenvalue weighted by Gasteiger charge is 2.21. The van der Waals surface area contributed by atoms with Gasteiger partial charge in [-0.3, -0.25) is 0 Å². The summed E-state index contributed by atoms with van der Waals surface area (Å²) in [4.78, 5) is 11.4. The van der Waals surface area contributed by atoms with Crippen LogP contribution in [0.25, 0.3) is 0 Å². The lowest BCUT2D eigenvalue weighted by molar-refractivity contribution is 0.678. The number of aromatic nitrogens is 2. The van der Waals surface area contributed by atoms with Crippen LogP contribution in [0.2, 0.25) is 0 Å². The van der Waals surface area contributed by atoms with Crippen LogP contribution in [0.15, 0.2) is 12.4 Å². The third-order valence-electron chi connectivity index (χ3n) is 3.74. The molecule has 5 heteroatoms. The van der Waals surface area contributed by atoms with Gasteiger partial charge in [0.25, 0.3) is 0 Å². The Kier molecular flexibility index (Phi) is 4.23. The SMILES string of the molecule is CCC1CN(c2ncc(CNC3CC3)cn2)CCS1. The van der Waals surface area contributed by atoms with E-state index in [9.17, 15) is 0 Å². The second-order valence-electron chi connectivity index (χ2n) is 5.39. The van der Waals surface area contributed by atoms with E-state index < -0.39 is 0 Å². The lowest BCUT2D eigenvalue weighted by atomic mass is 10.3. The molecular weight excluding hydrogens is 256 g/mol. The van der Waals surface area contributed by atoms with Gasteiger partial charge in [0, 0.05) is 54.6 Å². The number of rotatable bonds is 5. The van der Waals surface area contributed by atoms with Crippen LogP contribution in [0.5, 0.6) is 0 Å². The molecule has 0 bridgehead atoms. The Morgan fingerprint density at radius 3 is 2.84 bits per heavy atom. The van der Waals surface area contributed by atoms with Gasteiger partial charge in [-0.1, -0.05) is 6.92 Å². The largest absolute Gasteiger partial charge is 0.339 e. The molecule has 1 aromatic rings. The van der Waals surface area contributed by atoms with Crippen molar-refractivity contribution in [2.24, 2.45) is 0 Å². The number of nitrogens with zero attached hydrogens (tertiary/aromatic N) is 3. The van der Waals surface area contributed by atoms with E-state index in [4.69, 9.17) is 0 Å². The van der Waals surface area contributed by atoms with Gasteiger partial charge in [0.2, 0.25) is 5.95 Å². The van der Waals surface area contributed by atoms with Crippen molar-refractivity contribution >= 4 is 17.7 Å². The summed E-state index contributed by atoms with van der Waals surface area (Å²) in [5.41, 5.74) is 1.19. The molecule has 1 aromatic heterocycles. The molecule has 104 valence electrons. The van der Waals surface area contributed by atoms with E-state index in [1.54, 1.807) is 0 Å². The van der Waals surface area contributed by atoms with Crippen molar-refractivity contribution < 1.29 is 0 Å². The van der Waals surface area contributed by atoms with Crippen LogP contribution in [0.3, 0.4) is 0 Å². The first-order chi connectivity index (χ1) is 9.35. The first-order valence-corrected chi connectivity index (χ1v) is 8.31. The van der Waals surface area contributed by atoms with Gasteiger partial charge in [0.05, 0.1) is 0 Å². The monoisotopic (exact) mass is 278 g/mol. The van der Waals surface area contributed by atoms with E-state index in [1.165, 1.54) is 30.6 Å². The van der Waals surface area contributed by atoms with Crippen LogP contribution in [-0.2, 0) is 6.54 Å². The standard InChI is InChI=1S/C14H22N4S/c1-2-13-10-18(5-6-19-13)14-16-8-11(9-17-14)7-15-12-3-4-12/h8-9,12-13,15H,2-7,10H2,1H3. The summed E-state index contributed by atoms with van der Waals surface area (Å²) >= 11 is 2.08. The minimum atomic E-state index is 0.730. The molecule has 4 nitrogen and oxygen atoms in total. The van der Waals surface area contributed by atoms with Crippen molar-refractivity contribution in [3.63, 3.8) is 0 Å². The maximum absolute atomic E-state index is 4.54. The zero-order valence-corrected chi connectivity index (χ0v) is 12.3. The summed E-state index contributed by atoms with van der Waals surface area (Å²) in [7, 11) is 0. The Morgan fingerprint density at radius 2 is 2.16 bits per heavy atom. The van der Waals surface area contributed by atoms with Gasteiger partial charge in [-0.05, 0) is 19.3 Å². The van der Waals surface area contributed by atoms with Gasteiger partial charge in [-0.2, -0.15) is 11.8 Å². The summed E-state index contributed by atoms with van der Waals surface area (Å²) in [6.45, 7) is 5.31. The molecule has 2 aliphatic rings. The van der Waals surface area contributed by atoms with Crippen LogP contribution < -0.4 is 10.2 Å². The number of hydrogen-bond acceptors (Lipinski definition) is 5. The van der Waals surface area contributed by atoms with E-state index in [0.717, 1.165) is 36.9 Å². The van der Waals surface area contributed by atoms with Crippen molar-refractivity contribution in [1.82, 2.24) is 15.3 Å². The second-order valence-corrected chi connectivity index (χ2v) is 6.80. The van der Waals surface area contributed by atoms with Crippen molar-refractivity contribution in [2.75, 3.05) is 23.7 Å². The van der Waals surface area contributed by atoms with E-state index in [0.29, 0.717) is 0 Å². The molecule has 1 saturated carbocycles. The molecule has 1 unspecified atom stereocenters. The number of anilines is 1. The summed E-state index contributed by atoms with van der Waals surface area (Å²) < 4.78 is 0. The fourth-order valence-electron chi connectivity index (χ4n) is 2.30. The summed E-state index contributed by atoms with van der Waals surface area (Å²) in [5.74, 6) is 2.08. The Balaban J connectivity index is 1.57. The van der Waals surface area contributed by atoms with E-state index in [-0.39, 0.29) is 0 Å². The van der Waals surface area contributed by atoms with E-state index >= 15 is 0 Å². The van der Waals surface area contributed by atoms with Gasteiger partial charge in [-0.25, -0.2) is 9.97 Å². The van der Waals surface area contributed by atoms with E-state index in [2.05, 4.69) is 38.9 Å². The van der Waals surface area contributed by atoms with Crippen molar-refractivity contribution in [3.05, 3.63) is 18.0 Å². The smallest absolute Gasteiger partial charge is 0.225 e. The van der Waals surface area contributed by atoms with Crippen molar-refractivity contribution in [2.45, 2.75) is 44.0 Å². The normalized spacial score (nSPS) is 23.6. The Bertz CT molecular complexity index is 404. The maximum Gasteiger partial charge on any atom is 0.225 e. The molecule has 1 aliphatic carbocycles. The summed E-state index contributed by atoms with van der Waals surface area (Å²) in [6.07, 6.45) is 7.82. The molecule has 1 saturated heterocycles. The van der Waals surface area contributed by atoms with Crippen molar-refractivity contribution in [3.8, 4) is 0 Å². The molecule has 0 aromatic carbocycles. The number of thioether (sulfide) groups is 1. The fourth-order valence-corrected chi connectivity index (χ4v) is 3.48. The lowest BCUT2D eigenvalue weighted by Gasteiger charge is -2.31. The predicted molar refractivity (Wildman–Crippen MR) is 80.6 cm³/mol. The first-order valence-electron chi connectivity index (χ1n) is 7.26. The fraction of sp³-hybridized carbons (Fsp3) is 0.714. The molecule has 1 atom stereocenters. The summed E-state index contributed by atoms with van der Waals surface area (Å²) in [6, 6.07) is 0.740. The Morgan fingerprint density at radius 1 is 1.37 bits per heavy atom. The predicted octanol–water partition coefficient (Wildman–Crippen LogP) is 2.06. The highest BCUT2D eigenvalue weighted by molar-refractivity contribution is 8.00. The zero-order valence-electron chi connectivity index (χ0n) is 11.5. The highest BCUT2D eigenvalue weighted by atomic mass is 32.2. The van der Waals surface area contributed by atoms with E-state index in [1.807, 2.05) is 12.4 Å². The molecule has 19 heavy (non-hydrogen) atoms. The van der Waals surface area contributed by atoms with Crippen LogP contribution in [0.1, 0.15) is 31.7 Å². The average Bonchev–Trinajstić information content (AvgIpc) is 3.30. The Labute approximate surface area is 119 Å². The van der Waals surface area contributed by atoms with Crippen LogP contribution in [0.4, 0.5) is 5.95 Å².